The van der Waals surface area contributed by atoms with Gasteiger partial charge in [-0.15, -0.1) is 0 Å². The molecular weight excluding hydrogens is 342 g/mol. The number of nitro benzene ring substituents is 1. The molecule has 0 atom stereocenters. The highest BCUT2D eigenvalue weighted by molar-refractivity contribution is 7.99. The number of nitrogens with one attached hydrogen (secondary N) is 1. The zero-order valence-corrected chi connectivity index (χ0v) is 13.1. The van der Waals surface area contributed by atoms with Crippen LogP contribution in [-0.2, 0) is 4.79 Å². The van der Waals surface area contributed by atoms with Crippen LogP contribution >= 0.6 is 23.4 Å². The fraction of sp³-hybridized carbons (Fsp3) is 0.0769. The number of carbonyl (C=O) groups excluding carboxylic acids is 1. The highest BCUT2D eigenvalue weighted by atomic mass is 35.5. The summed E-state index contributed by atoms with van der Waals surface area (Å²) in [5.74, 6) is -0.274. The van der Waals surface area contributed by atoms with Crippen molar-refractivity contribution in [1.82, 2.24) is 15.4 Å². The van der Waals surface area contributed by atoms with Crippen LogP contribution in [0.15, 0.2) is 46.9 Å². The van der Waals surface area contributed by atoms with Gasteiger partial charge in [0.05, 0.1) is 16.9 Å². The third-order valence-electron chi connectivity index (χ3n) is 2.46. The minimum Gasteiger partial charge on any atom is -0.272 e. The number of carbonyl (C=O) groups is 1. The lowest BCUT2D eigenvalue weighted by Crippen LogP contribution is -2.19. The van der Waals surface area contributed by atoms with Gasteiger partial charge in [-0.2, -0.15) is 5.10 Å². The second kappa shape index (κ2) is 8.20. The molecule has 0 aliphatic carbocycles. The lowest BCUT2D eigenvalue weighted by Gasteiger charge is -2.00. The molecule has 0 aliphatic heterocycles. The Bertz CT molecular complexity index is 742. The largest absolute Gasteiger partial charge is 0.272 e. The van der Waals surface area contributed by atoms with Crippen molar-refractivity contribution >= 4 is 41.2 Å². The van der Waals surface area contributed by atoms with Crippen molar-refractivity contribution < 1.29 is 9.72 Å². The van der Waals surface area contributed by atoms with Gasteiger partial charge >= 0.3 is 0 Å². The summed E-state index contributed by atoms with van der Waals surface area (Å²) in [5.41, 5.74) is 2.52. The number of aromatic nitrogens is 2. The summed E-state index contributed by atoms with van der Waals surface area (Å²) in [6.07, 6.45) is 4.41. The third kappa shape index (κ3) is 5.31. The summed E-state index contributed by atoms with van der Waals surface area (Å²) in [6, 6.07) is 5.63. The topological polar surface area (TPSA) is 110 Å². The Kier molecular flexibility index (Phi) is 6.01. The molecule has 0 spiro atoms. The number of nitro groups is 1. The van der Waals surface area contributed by atoms with Crippen LogP contribution in [0.3, 0.4) is 0 Å². The van der Waals surface area contributed by atoms with E-state index in [-0.39, 0.29) is 17.3 Å². The molecule has 1 heterocycles. The van der Waals surface area contributed by atoms with Crippen molar-refractivity contribution in [3.63, 3.8) is 0 Å². The van der Waals surface area contributed by atoms with E-state index in [1.807, 2.05) is 0 Å². The van der Waals surface area contributed by atoms with Gasteiger partial charge in [0, 0.05) is 35.1 Å². The number of benzene rings is 1. The Morgan fingerprint density at radius 2 is 2.17 bits per heavy atom. The molecule has 0 radical (unpaired) electrons. The predicted octanol–water partition coefficient (Wildman–Crippen LogP) is 2.28. The summed E-state index contributed by atoms with van der Waals surface area (Å²) >= 11 is 7.07. The maximum atomic E-state index is 11.6. The van der Waals surface area contributed by atoms with Crippen LogP contribution in [0, 0.1) is 10.1 Å². The number of nitrogens with zero attached hydrogens (tertiary/aromatic N) is 4. The van der Waals surface area contributed by atoms with Crippen LogP contribution in [0.2, 0.25) is 5.02 Å². The number of thioether (sulfide) groups is 1. The summed E-state index contributed by atoms with van der Waals surface area (Å²) in [6.45, 7) is 0. The van der Waals surface area contributed by atoms with E-state index in [1.54, 1.807) is 18.5 Å². The highest BCUT2D eigenvalue weighted by Gasteiger charge is 2.08. The number of halogens is 1. The molecule has 0 aliphatic rings. The third-order valence-corrected chi connectivity index (χ3v) is 3.68. The first-order valence-electron chi connectivity index (χ1n) is 6.22. The van der Waals surface area contributed by atoms with E-state index in [9.17, 15) is 14.9 Å². The molecule has 1 amide bonds. The zero-order valence-electron chi connectivity index (χ0n) is 11.5. The van der Waals surface area contributed by atoms with Crippen LogP contribution < -0.4 is 5.43 Å². The Morgan fingerprint density at radius 3 is 2.87 bits per heavy atom. The minimum atomic E-state index is -0.539. The minimum absolute atomic E-state index is 0.0873. The maximum absolute atomic E-state index is 11.6. The van der Waals surface area contributed by atoms with Gasteiger partial charge in [-0.3, -0.25) is 14.9 Å². The number of rotatable bonds is 6. The van der Waals surface area contributed by atoms with Crippen molar-refractivity contribution in [2.24, 2.45) is 5.10 Å². The predicted molar refractivity (Wildman–Crippen MR) is 86.6 cm³/mol. The van der Waals surface area contributed by atoms with Gasteiger partial charge < -0.3 is 0 Å². The average molecular weight is 352 g/mol. The quantitative estimate of drug-likeness (QED) is 0.281. The van der Waals surface area contributed by atoms with Crippen molar-refractivity contribution in [1.29, 1.82) is 0 Å². The smallest absolute Gasteiger partial charge is 0.270 e. The number of hydrazone groups is 1. The van der Waals surface area contributed by atoms with Crippen LogP contribution in [0.4, 0.5) is 5.69 Å². The van der Waals surface area contributed by atoms with E-state index < -0.39 is 4.92 Å². The summed E-state index contributed by atoms with van der Waals surface area (Å²) in [4.78, 5) is 29.7. The molecule has 2 rings (SSSR count). The van der Waals surface area contributed by atoms with E-state index in [0.29, 0.717) is 15.7 Å². The van der Waals surface area contributed by atoms with Gasteiger partial charge in [0.25, 0.3) is 11.6 Å². The van der Waals surface area contributed by atoms with E-state index in [1.165, 1.54) is 24.4 Å². The van der Waals surface area contributed by atoms with Gasteiger partial charge in [-0.05, 0) is 12.1 Å². The van der Waals surface area contributed by atoms with E-state index >= 15 is 0 Å². The molecular formula is C13H10ClN5O3S. The van der Waals surface area contributed by atoms with Crippen molar-refractivity contribution in [2.45, 2.75) is 5.16 Å². The van der Waals surface area contributed by atoms with Gasteiger partial charge in [0.15, 0.2) is 5.16 Å². The molecule has 118 valence electrons. The normalized spacial score (nSPS) is 10.7. The Labute approximate surface area is 140 Å². The van der Waals surface area contributed by atoms with Crippen molar-refractivity contribution in [3.8, 4) is 0 Å². The van der Waals surface area contributed by atoms with Gasteiger partial charge in [-0.1, -0.05) is 23.4 Å². The fourth-order valence-electron chi connectivity index (χ4n) is 1.44. The monoisotopic (exact) mass is 351 g/mol. The van der Waals surface area contributed by atoms with E-state index in [4.69, 9.17) is 11.6 Å². The molecule has 8 nitrogen and oxygen atoms in total. The Hall–Kier alpha value is -2.52. The second-order valence-corrected chi connectivity index (χ2v) is 5.43. The second-order valence-electron chi connectivity index (χ2n) is 4.08. The number of hydrogen-bond donors (Lipinski definition) is 1. The Morgan fingerprint density at radius 1 is 1.43 bits per heavy atom. The molecule has 0 unspecified atom stereocenters. The van der Waals surface area contributed by atoms with Crippen molar-refractivity contribution in [2.75, 3.05) is 5.75 Å². The van der Waals surface area contributed by atoms with Crippen LogP contribution in [-0.4, -0.2) is 32.8 Å². The first-order valence-corrected chi connectivity index (χ1v) is 7.58. The van der Waals surface area contributed by atoms with Gasteiger partial charge in [0.2, 0.25) is 0 Å². The molecule has 23 heavy (non-hydrogen) atoms. The highest BCUT2D eigenvalue weighted by Crippen LogP contribution is 2.20. The van der Waals surface area contributed by atoms with Crippen molar-refractivity contribution in [3.05, 3.63) is 57.4 Å². The molecule has 0 saturated heterocycles. The van der Waals surface area contributed by atoms with Crippen LogP contribution in [0.5, 0.6) is 0 Å². The van der Waals surface area contributed by atoms with Gasteiger partial charge in [-0.25, -0.2) is 15.4 Å². The summed E-state index contributed by atoms with van der Waals surface area (Å²) in [7, 11) is 0. The number of non-ortho nitro benzene ring substituents is 1. The molecule has 1 N–H and O–H groups in total. The van der Waals surface area contributed by atoms with Gasteiger partial charge in [0.1, 0.15) is 0 Å². The number of amides is 1. The fourth-order valence-corrected chi connectivity index (χ4v) is 2.20. The Balaban J connectivity index is 1.90. The standard InChI is InChI=1S/C13H10ClN5O3S/c14-11-3-2-10(19(21)22)6-9(11)7-17-18-12(20)8-23-13-15-4-1-5-16-13/h1-7H,8H2,(H,18,20)/b17-7-. The zero-order chi connectivity index (χ0) is 16.7. The SMILES string of the molecule is O=C(CSc1ncccn1)N/N=C\c1cc([N+](=O)[O-])ccc1Cl. The molecule has 1 aromatic heterocycles. The molecule has 10 heteroatoms. The first-order chi connectivity index (χ1) is 11.1. The van der Waals surface area contributed by atoms with Crippen LogP contribution in [0.1, 0.15) is 5.56 Å². The lowest BCUT2D eigenvalue weighted by molar-refractivity contribution is -0.384. The molecule has 1 aromatic carbocycles. The van der Waals surface area contributed by atoms with Crippen LogP contribution in [0.25, 0.3) is 0 Å². The van der Waals surface area contributed by atoms with E-state index in [0.717, 1.165) is 11.8 Å². The summed E-state index contributed by atoms with van der Waals surface area (Å²) < 4.78 is 0. The van der Waals surface area contributed by atoms with E-state index in [2.05, 4.69) is 20.5 Å². The average Bonchev–Trinajstić information content (AvgIpc) is 2.55. The molecule has 0 fully saturated rings. The lowest BCUT2D eigenvalue weighted by atomic mass is 10.2. The number of hydrogen-bond acceptors (Lipinski definition) is 7. The first kappa shape index (κ1) is 16.8. The maximum Gasteiger partial charge on any atom is 0.270 e. The molecule has 2 aromatic rings. The summed E-state index contributed by atoms with van der Waals surface area (Å²) in [5, 5.41) is 15.2. The molecule has 0 saturated carbocycles. The molecule has 0 bridgehead atoms.